The van der Waals surface area contributed by atoms with Crippen molar-refractivity contribution in [2.24, 2.45) is 0 Å². The Morgan fingerprint density at radius 1 is 1.10 bits per heavy atom. The molecule has 4 heteroatoms. The summed E-state index contributed by atoms with van der Waals surface area (Å²) in [5.74, 6) is 2.90. The number of alkyl halides is 1. The van der Waals surface area contributed by atoms with E-state index in [-0.39, 0.29) is 0 Å². The zero-order valence-corrected chi connectivity index (χ0v) is 13.4. The molecule has 1 aromatic carbocycles. The van der Waals surface area contributed by atoms with Gasteiger partial charge in [-0.2, -0.15) is 0 Å². The number of hydrogen-bond acceptors (Lipinski definition) is 3. The van der Waals surface area contributed by atoms with E-state index in [1.807, 2.05) is 43.3 Å². The molecule has 21 heavy (non-hydrogen) atoms. The topological polar surface area (TPSA) is 31.4 Å². The van der Waals surface area contributed by atoms with Crippen molar-refractivity contribution >= 4 is 11.6 Å². The molecule has 0 aliphatic carbocycles. The summed E-state index contributed by atoms with van der Waals surface area (Å²) in [5, 5.41) is 0. The van der Waals surface area contributed by atoms with Crippen molar-refractivity contribution < 1.29 is 9.47 Å². The van der Waals surface area contributed by atoms with Gasteiger partial charge in [-0.25, -0.2) is 4.98 Å². The summed E-state index contributed by atoms with van der Waals surface area (Å²) in [5.41, 5.74) is 1.99. The van der Waals surface area contributed by atoms with E-state index < -0.39 is 0 Å². The van der Waals surface area contributed by atoms with E-state index in [9.17, 15) is 0 Å². The fraction of sp³-hybridized carbons (Fsp3) is 0.353. The van der Waals surface area contributed by atoms with Crippen molar-refractivity contribution in [2.45, 2.75) is 32.6 Å². The molecule has 1 aromatic heterocycles. The Kier molecular flexibility index (Phi) is 5.45. The van der Waals surface area contributed by atoms with E-state index in [1.165, 1.54) is 0 Å². The van der Waals surface area contributed by atoms with Crippen molar-refractivity contribution in [3.05, 3.63) is 47.7 Å². The maximum Gasteiger partial charge on any atom is 0.219 e. The fourth-order valence-corrected chi connectivity index (χ4v) is 2.05. The number of hydrogen-bond donors (Lipinski definition) is 0. The zero-order valence-electron chi connectivity index (χ0n) is 12.6. The van der Waals surface area contributed by atoms with E-state index in [2.05, 4.69) is 18.8 Å². The average molecular weight is 306 g/mol. The Hall–Kier alpha value is -1.74. The van der Waals surface area contributed by atoms with Gasteiger partial charge in [-0.15, -0.1) is 11.6 Å². The molecule has 3 nitrogen and oxygen atoms in total. The molecule has 0 saturated carbocycles. The molecule has 0 amide bonds. The maximum atomic E-state index is 5.93. The summed E-state index contributed by atoms with van der Waals surface area (Å²) in [6, 6.07) is 11.4. The summed E-state index contributed by atoms with van der Waals surface area (Å²) in [4.78, 5) is 4.52. The summed E-state index contributed by atoms with van der Waals surface area (Å²) < 4.78 is 11.2. The Morgan fingerprint density at radius 2 is 1.76 bits per heavy atom. The minimum absolute atomic E-state index is 0.329. The average Bonchev–Trinajstić information content (AvgIpc) is 2.49. The van der Waals surface area contributed by atoms with Crippen molar-refractivity contribution in [1.82, 2.24) is 4.98 Å². The molecule has 0 bridgehead atoms. The minimum atomic E-state index is 0.329. The molecule has 0 fully saturated rings. The van der Waals surface area contributed by atoms with Gasteiger partial charge >= 0.3 is 0 Å². The van der Waals surface area contributed by atoms with Gasteiger partial charge in [-0.3, -0.25) is 0 Å². The lowest BCUT2D eigenvalue weighted by molar-refractivity contribution is 0.339. The first-order valence-corrected chi connectivity index (χ1v) is 7.63. The van der Waals surface area contributed by atoms with Crippen molar-refractivity contribution in [3.63, 3.8) is 0 Å². The van der Waals surface area contributed by atoms with Crippen molar-refractivity contribution in [2.75, 3.05) is 6.61 Å². The first-order valence-electron chi connectivity index (χ1n) is 7.10. The third-order valence-corrected chi connectivity index (χ3v) is 3.29. The number of nitrogens with zero attached hydrogens (tertiary/aromatic N) is 1. The fourth-order valence-electron chi connectivity index (χ4n) is 1.90. The van der Waals surface area contributed by atoms with Crippen LogP contribution in [0.5, 0.6) is 17.4 Å². The molecule has 0 unspecified atom stereocenters. The monoisotopic (exact) mass is 305 g/mol. The van der Waals surface area contributed by atoms with Crippen LogP contribution in [-0.2, 0) is 5.88 Å². The Balaban J connectivity index is 2.19. The van der Waals surface area contributed by atoms with Crippen LogP contribution in [0.2, 0.25) is 0 Å². The lowest BCUT2D eigenvalue weighted by Gasteiger charge is -2.11. The second-order valence-corrected chi connectivity index (χ2v) is 5.30. The molecule has 0 atom stereocenters. The third-order valence-electron chi connectivity index (χ3n) is 2.98. The van der Waals surface area contributed by atoms with E-state index in [0.717, 1.165) is 22.8 Å². The second-order valence-electron chi connectivity index (χ2n) is 5.03. The summed E-state index contributed by atoms with van der Waals surface area (Å²) in [6.07, 6.45) is 0. The second kappa shape index (κ2) is 7.32. The summed E-state index contributed by atoms with van der Waals surface area (Å²) in [7, 11) is 0. The van der Waals surface area contributed by atoms with Crippen LogP contribution in [-0.4, -0.2) is 11.6 Å². The molecule has 0 radical (unpaired) electrons. The molecule has 0 saturated heterocycles. The van der Waals surface area contributed by atoms with E-state index in [1.54, 1.807) is 0 Å². The largest absolute Gasteiger partial charge is 0.494 e. The SMILES string of the molecule is CCOc1ccc(Oc2cc(CCl)cc(C(C)C)n2)cc1. The first-order chi connectivity index (χ1) is 10.1. The zero-order chi connectivity index (χ0) is 15.2. The highest BCUT2D eigenvalue weighted by Gasteiger charge is 2.08. The number of rotatable bonds is 6. The lowest BCUT2D eigenvalue weighted by atomic mass is 10.1. The smallest absolute Gasteiger partial charge is 0.219 e. The number of benzene rings is 1. The van der Waals surface area contributed by atoms with Gasteiger partial charge < -0.3 is 9.47 Å². The highest BCUT2D eigenvalue weighted by molar-refractivity contribution is 6.17. The van der Waals surface area contributed by atoms with Crippen LogP contribution in [0.3, 0.4) is 0 Å². The van der Waals surface area contributed by atoms with Gasteiger partial charge in [0.2, 0.25) is 5.88 Å². The highest BCUT2D eigenvalue weighted by atomic mass is 35.5. The van der Waals surface area contributed by atoms with Crippen LogP contribution in [0.25, 0.3) is 0 Å². The number of halogens is 1. The van der Waals surface area contributed by atoms with Crippen LogP contribution in [0.4, 0.5) is 0 Å². The lowest BCUT2D eigenvalue weighted by Crippen LogP contribution is -1.98. The van der Waals surface area contributed by atoms with Crippen molar-refractivity contribution in [3.8, 4) is 17.4 Å². The van der Waals surface area contributed by atoms with E-state index in [4.69, 9.17) is 21.1 Å². The van der Waals surface area contributed by atoms with Gasteiger partial charge in [0.15, 0.2) is 0 Å². The molecular weight excluding hydrogens is 286 g/mol. The number of ether oxygens (including phenoxy) is 2. The van der Waals surface area contributed by atoms with Crippen LogP contribution in [0, 0.1) is 0 Å². The third kappa shape index (κ3) is 4.36. The molecule has 2 aromatic rings. The summed E-state index contributed by atoms with van der Waals surface area (Å²) >= 11 is 5.93. The van der Waals surface area contributed by atoms with Gasteiger partial charge in [0.1, 0.15) is 11.5 Å². The van der Waals surface area contributed by atoms with Gasteiger partial charge in [0.25, 0.3) is 0 Å². The highest BCUT2D eigenvalue weighted by Crippen LogP contribution is 2.26. The predicted octanol–water partition coefficient (Wildman–Crippen LogP) is 5.13. The standard InChI is InChI=1S/C17H20ClNO2/c1-4-20-14-5-7-15(8-6-14)21-17-10-13(11-18)9-16(19-17)12(2)3/h5-10,12H,4,11H2,1-3H3. The van der Waals surface area contributed by atoms with Crippen LogP contribution in [0.15, 0.2) is 36.4 Å². The van der Waals surface area contributed by atoms with E-state index in [0.29, 0.717) is 24.3 Å². The molecule has 1 heterocycles. The minimum Gasteiger partial charge on any atom is -0.494 e. The Bertz CT molecular complexity index is 582. The normalized spacial score (nSPS) is 10.7. The van der Waals surface area contributed by atoms with Gasteiger partial charge in [0, 0.05) is 17.6 Å². The summed E-state index contributed by atoms with van der Waals surface area (Å²) in [6.45, 7) is 6.80. The molecular formula is C17H20ClNO2. The Morgan fingerprint density at radius 3 is 2.33 bits per heavy atom. The predicted molar refractivity (Wildman–Crippen MR) is 85.6 cm³/mol. The number of aromatic nitrogens is 1. The molecule has 0 aliphatic rings. The molecule has 0 N–H and O–H groups in total. The van der Waals surface area contributed by atoms with Crippen LogP contribution < -0.4 is 9.47 Å². The molecule has 0 spiro atoms. The van der Waals surface area contributed by atoms with E-state index >= 15 is 0 Å². The van der Waals surface area contributed by atoms with Crippen LogP contribution >= 0.6 is 11.6 Å². The van der Waals surface area contributed by atoms with Crippen molar-refractivity contribution in [1.29, 1.82) is 0 Å². The molecule has 2 rings (SSSR count). The van der Waals surface area contributed by atoms with Gasteiger partial charge in [0.05, 0.1) is 6.61 Å². The number of pyridine rings is 1. The Labute approximate surface area is 130 Å². The van der Waals surface area contributed by atoms with Gasteiger partial charge in [-0.1, -0.05) is 13.8 Å². The maximum absolute atomic E-state index is 5.93. The first kappa shape index (κ1) is 15.6. The van der Waals surface area contributed by atoms with Gasteiger partial charge in [-0.05, 0) is 48.7 Å². The van der Waals surface area contributed by atoms with Crippen LogP contribution in [0.1, 0.15) is 37.9 Å². The molecule has 0 aliphatic heterocycles. The quantitative estimate of drug-likeness (QED) is 0.693. The molecule has 112 valence electrons.